The van der Waals surface area contributed by atoms with Gasteiger partial charge in [-0.1, -0.05) is 11.6 Å². The van der Waals surface area contributed by atoms with Crippen molar-refractivity contribution in [3.63, 3.8) is 0 Å². The van der Waals surface area contributed by atoms with Crippen LogP contribution in [-0.4, -0.2) is 17.3 Å². The number of anilines is 1. The van der Waals surface area contributed by atoms with Crippen molar-refractivity contribution in [2.45, 2.75) is 25.0 Å². The molecule has 1 aliphatic carbocycles. The second-order valence-corrected chi connectivity index (χ2v) is 4.18. The number of nitriles is 1. The summed E-state index contributed by atoms with van der Waals surface area (Å²) in [6.07, 6.45) is 1.38. The fraction of sp³-hybridized carbons (Fsp3) is 0.364. The number of nitrogens with one attached hydrogen (secondary N) is 1. The summed E-state index contributed by atoms with van der Waals surface area (Å²) in [5.41, 5.74) is 1.38. The Morgan fingerprint density at radius 1 is 1.47 bits per heavy atom. The van der Waals surface area contributed by atoms with Crippen molar-refractivity contribution >= 4 is 17.3 Å². The highest BCUT2D eigenvalue weighted by molar-refractivity contribution is 6.32. The zero-order valence-electron chi connectivity index (χ0n) is 8.07. The molecule has 78 valence electrons. The lowest BCUT2D eigenvalue weighted by Gasteiger charge is -2.32. The van der Waals surface area contributed by atoms with Crippen molar-refractivity contribution in [1.29, 1.82) is 5.26 Å². The van der Waals surface area contributed by atoms with Gasteiger partial charge in [0.05, 0.1) is 16.7 Å². The normalized spacial score (nSPS) is 24.1. The smallest absolute Gasteiger partial charge is 0.101 e. The summed E-state index contributed by atoms with van der Waals surface area (Å²) < 4.78 is 0. The summed E-state index contributed by atoms with van der Waals surface area (Å²) in [6, 6.07) is 7.60. The summed E-state index contributed by atoms with van der Waals surface area (Å²) in [6.45, 7) is 0. The Hall–Kier alpha value is -1.24. The van der Waals surface area contributed by atoms with Gasteiger partial charge in [-0.05, 0) is 31.0 Å². The van der Waals surface area contributed by atoms with Crippen LogP contribution in [-0.2, 0) is 0 Å². The highest BCUT2D eigenvalue weighted by Gasteiger charge is 2.26. The number of halogens is 1. The van der Waals surface area contributed by atoms with Gasteiger partial charge in [0.2, 0.25) is 0 Å². The van der Waals surface area contributed by atoms with Crippen molar-refractivity contribution in [1.82, 2.24) is 0 Å². The van der Waals surface area contributed by atoms with Crippen LogP contribution in [0.5, 0.6) is 0 Å². The molecule has 2 N–H and O–H groups in total. The molecule has 1 fully saturated rings. The van der Waals surface area contributed by atoms with Gasteiger partial charge in [-0.3, -0.25) is 0 Å². The second kappa shape index (κ2) is 4.09. The summed E-state index contributed by atoms with van der Waals surface area (Å²) >= 11 is 5.89. The molecule has 0 unspecified atom stereocenters. The molecular formula is C11H11ClN2O. The maximum absolute atomic E-state index is 9.12. The lowest BCUT2D eigenvalue weighted by molar-refractivity contribution is 0.0836. The minimum Gasteiger partial charge on any atom is -0.393 e. The van der Waals surface area contributed by atoms with E-state index in [1.807, 2.05) is 12.1 Å². The number of nitrogens with zero attached hydrogens (tertiary/aromatic N) is 1. The minimum absolute atomic E-state index is 0.170. The Morgan fingerprint density at radius 3 is 2.73 bits per heavy atom. The predicted molar refractivity (Wildman–Crippen MR) is 58.8 cm³/mol. The zero-order valence-corrected chi connectivity index (χ0v) is 8.83. The van der Waals surface area contributed by atoms with E-state index < -0.39 is 0 Å². The lowest BCUT2D eigenvalue weighted by Crippen LogP contribution is -2.38. The number of aliphatic hydroxyl groups excluding tert-OH is 1. The Morgan fingerprint density at radius 2 is 2.20 bits per heavy atom. The molecule has 1 aromatic rings. The number of rotatable bonds is 2. The predicted octanol–water partition coefficient (Wildman–Crippen LogP) is 2.15. The number of benzene rings is 1. The summed E-state index contributed by atoms with van der Waals surface area (Å²) in [5.74, 6) is 0. The van der Waals surface area contributed by atoms with E-state index in [-0.39, 0.29) is 6.10 Å². The SMILES string of the molecule is N#Cc1ccc(NC2CC(O)C2)cc1Cl. The molecule has 0 aromatic heterocycles. The van der Waals surface area contributed by atoms with Crippen LogP contribution in [0.25, 0.3) is 0 Å². The highest BCUT2D eigenvalue weighted by atomic mass is 35.5. The summed E-state index contributed by atoms with van der Waals surface area (Å²) in [7, 11) is 0. The Bertz CT molecular complexity index is 408. The Kier molecular flexibility index (Phi) is 2.81. The van der Waals surface area contributed by atoms with Gasteiger partial charge in [0.1, 0.15) is 6.07 Å². The van der Waals surface area contributed by atoms with Gasteiger partial charge in [-0.2, -0.15) is 5.26 Å². The van der Waals surface area contributed by atoms with Crippen LogP contribution in [0.2, 0.25) is 5.02 Å². The van der Waals surface area contributed by atoms with E-state index in [1.165, 1.54) is 0 Å². The van der Waals surface area contributed by atoms with Crippen LogP contribution in [0, 0.1) is 11.3 Å². The van der Waals surface area contributed by atoms with Crippen molar-refractivity contribution in [2.75, 3.05) is 5.32 Å². The van der Waals surface area contributed by atoms with E-state index in [2.05, 4.69) is 5.32 Å². The average Bonchev–Trinajstić information content (AvgIpc) is 2.16. The van der Waals surface area contributed by atoms with Crippen LogP contribution >= 0.6 is 11.6 Å². The molecule has 0 heterocycles. The van der Waals surface area contributed by atoms with Crippen LogP contribution in [0.1, 0.15) is 18.4 Å². The maximum Gasteiger partial charge on any atom is 0.101 e. The lowest BCUT2D eigenvalue weighted by atomic mass is 9.89. The molecule has 3 nitrogen and oxygen atoms in total. The topological polar surface area (TPSA) is 56.0 Å². The van der Waals surface area contributed by atoms with Gasteiger partial charge >= 0.3 is 0 Å². The first-order chi connectivity index (χ1) is 7.19. The molecule has 1 aliphatic rings. The Balaban J connectivity index is 2.04. The fourth-order valence-electron chi connectivity index (χ4n) is 1.64. The van der Waals surface area contributed by atoms with Gasteiger partial charge in [0.15, 0.2) is 0 Å². The molecule has 4 heteroatoms. The van der Waals surface area contributed by atoms with E-state index >= 15 is 0 Å². The van der Waals surface area contributed by atoms with Crippen LogP contribution in [0.3, 0.4) is 0 Å². The molecule has 1 saturated carbocycles. The third-order valence-corrected chi connectivity index (χ3v) is 2.89. The molecule has 0 bridgehead atoms. The quantitative estimate of drug-likeness (QED) is 0.806. The number of hydrogen-bond acceptors (Lipinski definition) is 3. The monoisotopic (exact) mass is 222 g/mol. The van der Waals surface area contributed by atoms with Gasteiger partial charge in [-0.15, -0.1) is 0 Å². The minimum atomic E-state index is -0.170. The van der Waals surface area contributed by atoms with E-state index in [0.29, 0.717) is 16.6 Å². The third-order valence-electron chi connectivity index (χ3n) is 2.57. The van der Waals surface area contributed by atoms with Crippen molar-refractivity contribution in [3.8, 4) is 6.07 Å². The van der Waals surface area contributed by atoms with Crippen molar-refractivity contribution < 1.29 is 5.11 Å². The number of hydrogen-bond donors (Lipinski definition) is 2. The first kappa shape index (κ1) is 10.3. The first-order valence-electron chi connectivity index (χ1n) is 4.83. The molecule has 0 aliphatic heterocycles. The molecule has 0 radical (unpaired) electrons. The van der Waals surface area contributed by atoms with E-state index in [1.54, 1.807) is 12.1 Å². The van der Waals surface area contributed by atoms with Gasteiger partial charge < -0.3 is 10.4 Å². The van der Waals surface area contributed by atoms with E-state index in [9.17, 15) is 0 Å². The summed E-state index contributed by atoms with van der Waals surface area (Å²) in [5, 5.41) is 21.5. The molecule has 1 aromatic carbocycles. The van der Waals surface area contributed by atoms with Gasteiger partial charge in [0, 0.05) is 11.7 Å². The van der Waals surface area contributed by atoms with Gasteiger partial charge in [-0.25, -0.2) is 0 Å². The standard InChI is InChI=1S/C11H11ClN2O/c12-11-5-8(2-1-7(11)6-13)14-9-3-10(15)4-9/h1-2,5,9-10,14-15H,3-4H2. The molecular weight excluding hydrogens is 212 g/mol. The number of aliphatic hydroxyl groups is 1. The van der Waals surface area contributed by atoms with E-state index in [0.717, 1.165) is 18.5 Å². The largest absolute Gasteiger partial charge is 0.393 e. The van der Waals surface area contributed by atoms with Crippen LogP contribution in [0.15, 0.2) is 18.2 Å². The maximum atomic E-state index is 9.12. The molecule has 2 rings (SSSR count). The van der Waals surface area contributed by atoms with Crippen molar-refractivity contribution in [2.24, 2.45) is 0 Å². The third kappa shape index (κ3) is 2.23. The van der Waals surface area contributed by atoms with E-state index in [4.69, 9.17) is 22.0 Å². The average molecular weight is 223 g/mol. The molecule has 0 spiro atoms. The first-order valence-corrected chi connectivity index (χ1v) is 5.21. The summed E-state index contributed by atoms with van der Waals surface area (Å²) in [4.78, 5) is 0. The molecule has 0 saturated heterocycles. The Labute approximate surface area is 93.3 Å². The molecule has 0 atom stereocenters. The highest BCUT2D eigenvalue weighted by Crippen LogP contribution is 2.26. The van der Waals surface area contributed by atoms with Gasteiger partial charge in [0.25, 0.3) is 0 Å². The van der Waals surface area contributed by atoms with Crippen LogP contribution in [0.4, 0.5) is 5.69 Å². The molecule has 0 amide bonds. The van der Waals surface area contributed by atoms with Crippen LogP contribution < -0.4 is 5.32 Å². The van der Waals surface area contributed by atoms with Crippen molar-refractivity contribution in [3.05, 3.63) is 28.8 Å². The zero-order chi connectivity index (χ0) is 10.8. The fourth-order valence-corrected chi connectivity index (χ4v) is 1.86. The molecule has 15 heavy (non-hydrogen) atoms. The second-order valence-electron chi connectivity index (χ2n) is 3.77.